The lowest BCUT2D eigenvalue weighted by Gasteiger charge is -2.19. The van der Waals surface area contributed by atoms with Gasteiger partial charge in [0.1, 0.15) is 5.75 Å². The molecule has 1 aromatic heterocycles. The van der Waals surface area contributed by atoms with E-state index >= 15 is 0 Å². The summed E-state index contributed by atoms with van der Waals surface area (Å²) in [4.78, 5) is 3.77. The van der Waals surface area contributed by atoms with Crippen LogP contribution >= 0.6 is 0 Å². The third-order valence-electron chi connectivity index (χ3n) is 4.67. The summed E-state index contributed by atoms with van der Waals surface area (Å²) in [6, 6.07) is 14.7. The van der Waals surface area contributed by atoms with Gasteiger partial charge in [-0.15, -0.1) is 0 Å². The van der Waals surface area contributed by atoms with Crippen molar-refractivity contribution in [2.45, 2.75) is 51.7 Å². The number of halogens is 3. The Kier molecular flexibility index (Phi) is 5.68. The molecular weight excluding hydrogens is 365 g/mol. The minimum absolute atomic E-state index is 0.0856. The molecule has 0 bridgehead atoms. The second kappa shape index (κ2) is 7.86. The fourth-order valence-corrected chi connectivity index (χ4v) is 3.13. The number of fused-ring (bicyclic) bond motifs is 1. The van der Waals surface area contributed by atoms with Gasteiger partial charge in [-0.05, 0) is 48.1 Å². The molecular formula is C22H25F3N2O. The molecule has 0 saturated carbocycles. The lowest BCUT2D eigenvalue weighted by Crippen LogP contribution is -2.15. The molecule has 3 aromatic rings. The summed E-state index contributed by atoms with van der Waals surface area (Å²) in [6.07, 6.45) is -3.24. The number of nitrogens with zero attached hydrogens (tertiary/aromatic N) is 2. The van der Waals surface area contributed by atoms with Crippen LogP contribution in [-0.2, 0) is 18.1 Å². The van der Waals surface area contributed by atoms with Gasteiger partial charge in [0.2, 0.25) is 5.82 Å². The van der Waals surface area contributed by atoms with Gasteiger partial charge in [-0.3, -0.25) is 0 Å². The monoisotopic (exact) mass is 390 g/mol. The Labute approximate surface area is 163 Å². The topological polar surface area (TPSA) is 27.1 Å². The second-order valence-corrected chi connectivity index (χ2v) is 7.90. The number of rotatable bonds is 6. The molecule has 0 unspecified atom stereocenters. The molecule has 2 aromatic carbocycles. The lowest BCUT2D eigenvalue weighted by atomic mass is 9.87. The van der Waals surface area contributed by atoms with Crippen LogP contribution in [-0.4, -0.2) is 16.2 Å². The van der Waals surface area contributed by atoms with Crippen molar-refractivity contribution in [3.63, 3.8) is 0 Å². The number of hydrogen-bond acceptors (Lipinski definition) is 2. The molecule has 0 saturated heterocycles. The van der Waals surface area contributed by atoms with Crippen LogP contribution in [0.1, 0.15) is 45.0 Å². The molecule has 0 atom stereocenters. The smallest absolute Gasteiger partial charge is 0.449 e. The predicted octanol–water partition coefficient (Wildman–Crippen LogP) is 6.21. The maximum Gasteiger partial charge on any atom is 0.449 e. The first-order valence-corrected chi connectivity index (χ1v) is 9.42. The Hall–Kier alpha value is -2.50. The van der Waals surface area contributed by atoms with Gasteiger partial charge in [-0.2, -0.15) is 13.2 Å². The normalized spacial score (nSPS) is 12.5. The van der Waals surface area contributed by atoms with Crippen LogP contribution in [0.2, 0.25) is 0 Å². The molecule has 0 spiro atoms. The largest absolute Gasteiger partial charge is 0.494 e. The van der Waals surface area contributed by atoms with Gasteiger partial charge in [0.25, 0.3) is 0 Å². The van der Waals surface area contributed by atoms with E-state index in [4.69, 9.17) is 4.74 Å². The summed E-state index contributed by atoms with van der Waals surface area (Å²) >= 11 is 0. The summed E-state index contributed by atoms with van der Waals surface area (Å²) in [5, 5.41) is 0. The highest BCUT2D eigenvalue weighted by Gasteiger charge is 2.37. The maximum atomic E-state index is 13.3. The molecule has 0 aliphatic heterocycles. The zero-order valence-corrected chi connectivity index (χ0v) is 16.4. The van der Waals surface area contributed by atoms with E-state index in [0.29, 0.717) is 30.5 Å². The Bertz CT molecular complexity index is 922. The number of benzene rings is 2. The maximum absolute atomic E-state index is 13.3. The fraction of sp³-hybridized carbons (Fsp3) is 0.409. The van der Waals surface area contributed by atoms with Crippen LogP contribution in [0.25, 0.3) is 11.0 Å². The van der Waals surface area contributed by atoms with E-state index in [-0.39, 0.29) is 12.0 Å². The molecule has 0 aliphatic rings. The van der Waals surface area contributed by atoms with E-state index in [2.05, 4.69) is 25.8 Å². The summed E-state index contributed by atoms with van der Waals surface area (Å²) in [5.41, 5.74) is 2.19. The van der Waals surface area contributed by atoms with Crippen molar-refractivity contribution < 1.29 is 17.9 Å². The number of para-hydroxylation sites is 2. The van der Waals surface area contributed by atoms with Crippen LogP contribution in [0.5, 0.6) is 5.75 Å². The SMILES string of the molecule is CC(C)(C)c1ccc(OCCCCn2c(C(F)(F)F)nc3ccccc32)cc1. The van der Waals surface area contributed by atoms with Gasteiger partial charge in [0.15, 0.2) is 0 Å². The van der Waals surface area contributed by atoms with E-state index in [1.54, 1.807) is 24.3 Å². The molecule has 3 rings (SSSR count). The van der Waals surface area contributed by atoms with Crippen LogP contribution < -0.4 is 4.74 Å². The quantitative estimate of drug-likeness (QED) is 0.468. The second-order valence-electron chi connectivity index (χ2n) is 7.90. The number of aromatic nitrogens is 2. The molecule has 0 fully saturated rings. The van der Waals surface area contributed by atoms with Gasteiger partial charge in [-0.25, -0.2) is 4.98 Å². The van der Waals surface area contributed by atoms with E-state index in [1.165, 1.54) is 10.1 Å². The van der Waals surface area contributed by atoms with Crippen molar-refractivity contribution in [2.24, 2.45) is 0 Å². The number of unbranched alkanes of at least 4 members (excludes halogenated alkanes) is 1. The minimum atomic E-state index is -4.47. The zero-order valence-electron chi connectivity index (χ0n) is 16.4. The molecule has 3 nitrogen and oxygen atoms in total. The highest BCUT2D eigenvalue weighted by Crippen LogP contribution is 2.31. The first-order chi connectivity index (χ1) is 13.2. The highest BCUT2D eigenvalue weighted by atomic mass is 19.4. The van der Waals surface area contributed by atoms with Crippen LogP contribution in [0.3, 0.4) is 0 Å². The van der Waals surface area contributed by atoms with E-state index in [0.717, 1.165) is 5.75 Å². The van der Waals surface area contributed by atoms with Crippen molar-refractivity contribution in [3.05, 3.63) is 59.9 Å². The standard InChI is InChI=1S/C22H25F3N2O/c1-21(2,3)16-10-12-17(13-11-16)28-15-7-6-14-27-19-9-5-4-8-18(19)26-20(27)22(23,24)25/h4-5,8-13H,6-7,14-15H2,1-3H3. The van der Waals surface area contributed by atoms with Gasteiger partial charge in [0.05, 0.1) is 17.6 Å². The molecule has 0 radical (unpaired) electrons. The van der Waals surface area contributed by atoms with Crippen molar-refractivity contribution in [2.75, 3.05) is 6.61 Å². The summed E-state index contributed by atoms with van der Waals surface area (Å²) in [6.45, 7) is 7.16. The Morgan fingerprint density at radius 3 is 2.25 bits per heavy atom. The van der Waals surface area contributed by atoms with Gasteiger partial charge in [-0.1, -0.05) is 45.0 Å². The minimum Gasteiger partial charge on any atom is -0.494 e. The third kappa shape index (κ3) is 4.66. The van der Waals surface area contributed by atoms with Crippen molar-refractivity contribution in [1.29, 1.82) is 0 Å². The molecule has 6 heteroatoms. The highest BCUT2D eigenvalue weighted by molar-refractivity contribution is 5.76. The summed E-state index contributed by atoms with van der Waals surface area (Å²) in [5.74, 6) is -0.0653. The molecule has 150 valence electrons. The van der Waals surface area contributed by atoms with E-state index in [1.807, 2.05) is 24.3 Å². The van der Waals surface area contributed by atoms with Crippen LogP contribution in [0, 0.1) is 0 Å². The van der Waals surface area contributed by atoms with Crippen molar-refractivity contribution >= 4 is 11.0 Å². The molecule has 28 heavy (non-hydrogen) atoms. The molecule has 0 aliphatic carbocycles. The van der Waals surface area contributed by atoms with Gasteiger partial charge in [0, 0.05) is 6.54 Å². The summed E-state index contributed by atoms with van der Waals surface area (Å²) < 4.78 is 46.9. The Balaban J connectivity index is 1.57. The molecule has 1 heterocycles. The average Bonchev–Trinajstić information content (AvgIpc) is 3.00. The molecule has 0 N–H and O–H groups in total. The van der Waals surface area contributed by atoms with Gasteiger partial charge >= 0.3 is 6.18 Å². The lowest BCUT2D eigenvalue weighted by molar-refractivity contribution is -0.147. The average molecular weight is 390 g/mol. The molecule has 0 amide bonds. The van der Waals surface area contributed by atoms with E-state index in [9.17, 15) is 13.2 Å². The zero-order chi connectivity index (χ0) is 20.4. The van der Waals surface area contributed by atoms with Crippen LogP contribution in [0.15, 0.2) is 48.5 Å². The van der Waals surface area contributed by atoms with Crippen molar-refractivity contribution in [1.82, 2.24) is 9.55 Å². The number of imidazole rings is 1. The van der Waals surface area contributed by atoms with Crippen molar-refractivity contribution in [3.8, 4) is 5.75 Å². The number of hydrogen-bond donors (Lipinski definition) is 0. The summed E-state index contributed by atoms with van der Waals surface area (Å²) in [7, 11) is 0. The number of ether oxygens (including phenoxy) is 1. The fourth-order valence-electron chi connectivity index (χ4n) is 3.13. The first kappa shape index (κ1) is 20.2. The van der Waals surface area contributed by atoms with Gasteiger partial charge < -0.3 is 9.30 Å². The number of aryl methyl sites for hydroxylation is 1. The predicted molar refractivity (Wildman–Crippen MR) is 105 cm³/mol. The van der Waals surface area contributed by atoms with Crippen LogP contribution in [0.4, 0.5) is 13.2 Å². The Morgan fingerprint density at radius 2 is 1.61 bits per heavy atom. The Morgan fingerprint density at radius 1 is 0.929 bits per heavy atom. The van der Waals surface area contributed by atoms with E-state index < -0.39 is 12.0 Å². The number of alkyl halides is 3. The third-order valence-corrected chi connectivity index (χ3v) is 4.67. The first-order valence-electron chi connectivity index (χ1n) is 9.42.